The standard InChI is InChI=1S/GeO.Na.Zn.H/c1-2;;;. The molecule has 0 aromatic heterocycles. The summed E-state index contributed by atoms with van der Waals surface area (Å²) in [6.07, 6.45) is 0. The first kappa shape index (κ1) is 16.7. The average Bonchev–Trinajstić information content (AvgIpc) is 1.00. The van der Waals surface area contributed by atoms with Crippen LogP contribution >= 0.6 is 0 Å². The zero-order chi connectivity index (χ0) is 2.00. The van der Waals surface area contributed by atoms with Crippen molar-refractivity contribution >= 4 is 46.0 Å². The van der Waals surface area contributed by atoms with Crippen molar-refractivity contribution in [3.05, 3.63) is 0 Å². The van der Waals surface area contributed by atoms with E-state index in [-0.39, 0.29) is 49.0 Å². The van der Waals surface area contributed by atoms with Crippen molar-refractivity contribution in [3.63, 3.8) is 0 Å². The second kappa shape index (κ2) is 20.2. The molecule has 0 unspecified atom stereocenters. The van der Waals surface area contributed by atoms with Gasteiger partial charge in [0, 0.05) is 19.5 Å². The van der Waals surface area contributed by atoms with Crippen LogP contribution in [0.1, 0.15) is 0 Å². The van der Waals surface area contributed by atoms with E-state index in [2.05, 4.69) is 0 Å². The summed E-state index contributed by atoms with van der Waals surface area (Å²) in [6.45, 7) is 0. The van der Waals surface area contributed by atoms with Crippen molar-refractivity contribution < 1.29 is 23.3 Å². The predicted molar refractivity (Wildman–Crippen MR) is 13.6 cm³/mol. The van der Waals surface area contributed by atoms with Gasteiger partial charge in [0.05, 0.1) is 0 Å². The molecule has 0 atom stereocenters. The van der Waals surface area contributed by atoms with E-state index in [1.54, 1.807) is 0 Å². The van der Waals surface area contributed by atoms with Crippen LogP contribution in [0.25, 0.3) is 0 Å². The maximum Gasteiger partial charge on any atom is 0 e. The van der Waals surface area contributed by atoms with E-state index in [4.69, 9.17) is 3.78 Å². The minimum Gasteiger partial charge on any atom is 0 e. The molecule has 0 bridgehead atoms. The normalized spacial score (nSPS) is 1.00. The van der Waals surface area contributed by atoms with Crippen LogP contribution < -0.4 is 0 Å². The van der Waals surface area contributed by atoms with Gasteiger partial charge in [-0.1, -0.05) is 0 Å². The van der Waals surface area contributed by atoms with Crippen molar-refractivity contribution in [3.8, 4) is 0 Å². The van der Waals surface area contributed by atoms with Gasteiger partial charge in [-0.05, 0) is 0 Å². The van der Waals surface area contributed by atoms with Gasteiger partial charge in [0.15, 0.2) is 0 Å². The summed E-state index contributed by atoms with van der Waals surface area (Å²) in [5, 5.41) is 0. The average molecular weight is 178 g/mol. The van der Waals surface area contributed by atoms with Gasteiger partial charge in [0.2, 0.25) is 0 Å². The minimum absolute atomic E-state index is 0. The smallest absolute Gasteiger partial charge is 0 e. The fraction of sp³-hybridized carbons (Fsp3) is 0. The zero-order valence-corrected chi connectivity index (χ0v) is 6.68. The van der Waals surface area contributed by atoms with Gasteiger partial charge in [-0.25, -0.2) is 0 Å². The summed E-state index contributed by atoms with van der Waals surface area (Å²) in [4.78, 5) is 0. The van der Waals surface area contributed by atoms with E-state index in [1.165, 1.54) is 0 Å². The second-order valence-corrected chi connectivity index (χ2v) is 0. The van der Waals surface area contributed by atoms with Crippen LogP contribution in [0.4, 0.5) is 0 Å². The molecular formula is HGeNaOZn. The van der Waals surface area contributed by atoms with Crippen molar-refractivity contribution in [1.82, 2.24) is 0 Å². The quantitative estimate of drug-likeness (QED) is 0.428. The number of hydrogen-bond acceptors (Lipinski definition) is 1. The molecule has 0 aromatic rings. The van der Waals surface area contributed by atoms with Crippen LogP contribution in [0.15, 0.2) is 0 Å². The summed E-state index contributed by atoms with van der Waals surface area (Å²) in [5.74, 6) is 0. The third kappa shape index (κ3) is 9.03. The molecule has 0 aromatic carbocycles. The third-order valence-electron chi connectivity index (χ3n) is 0. The molecule has 0 amide bonds. The molecule has 0 aliphatic rings. The topological polar surface area (TPSA) is 17.1 Å². The Morgan fingerprint density at radius 1 is 1.25 bits per heavy atom. The maximum absolute atomic E-state index is 8.25. The molecule has 14 valence electrons. The van der Waals surface area contributed by atoms with Crippen LogP contribution in [-0.2, 0) is 23.3 Å². The molecular weight excluding hydrogens is 177 g/mol. The fourth-order valence-electron chi connectivity index (χ4n) is 0. The van der Waals surface area contributed by atoms with Gasteiger partial charge in [0.1, 0.15) is 0 Å². The van der Waals surface area contributed by atoms with E-state index in [9.17, 15) is 0 Å². The minimum atomic E-state index is 0. The van der Waals surface area contributed by atoms with Crippen LogP contribution in [0.2, 0.25) is 0 Å². The fourth-order valence-corrected chi connectivity index (χ4v) is 0. The van der Waals surface area contributed by atoms with Gasteiger partial charge >= 0.3 is 49.8 Å². The monoisotopic (exact) mass is 178 g/mol. The molecule has 2 radical (unpaired) electrons. The van der Waals surface area contributed by atoms with E-state index in [1.807, 2.05) is 0 Å². The summed E-state index contributed by atoms with van der Waals surface area (Å²) >= 11 is 0.750. The van der Waals surface area contributed by atoms with Crippen LogP contribution in [0, 0.1) is 0 Å². The molecule has 0 saturated heterocycles. The SMILES string of the molecule is [NaH].[O]=[Ge].[Zn]. The zero-order valence-electron chi connectivity index (χ0n) is 1.62. The van der Waals surface area contributed by atoms with Crippen LogP contribution in [0.5, 0.6) is 0 Å². The largest absolute Gasteiger partial charge is 0 e. The molecule has 4 heavy (non-hydrogen) atoms. The Balaban J connectivity index is -0.00000000500. The summed E-state index contributed by atoms with van der Waals surface area (Å²) in [6, 6.07) is 0. The van der Waals surface area contributed by atoms with Crippen molar-refractivity contribution in [2.45, 2.75) is 0 Å². The molecule has 4 heteroatoms. The molecule has 0 aliphatic carbocycles. The summed E-state index contributed by atoms with van der Waals surface area (Å²) < 4.78 is 8.25. The number of rotatable bonds is 0. The molecule has 1 nitrogen and oxygen atoms in total. The Hall–Kier alpha value is 1.97. The third-order valence-corrected chi connectivity index (χ3v) is 0. The first-order valence-corrected chi connectivity index (χ1v) is 1.06. The summed E-state index contributed by atoms with van der Waals surface area (Å²) in [7, 11) is 0. The molecule has 0 fully saturated rings. The van der Waals surface area contributed by atoms with Gasteiger partial charge in [-0.15, -0.1) is 0 Å². The predicted octanol–water partition coefficient (Wildman–Crippen LogP) is -1.15. The van der Waals surface area contributed by atoms with Crippen molar-refractivity contribution in [2.24, 2.45) is 0 Å². The Kier molecular flexibility index (Phi) is 84.5. The molecule has 0 spiro atoms. The van der Waals surface area contributed by atoms with E-state index < -0.39 is 0 Å². The molecule has 0 saturated carbocycles. The Morgan fingerprint density at radius 2 is 1.25 bits per heavy atom. The van der Waals surface area contributed by atoms with Gasteiger partial charge in [-0.3, -0.25) is 0 Å². The van der Waals surface area contributed by atoms with E-state index in [0.29, 0.717) is 0 Å². The molecule has 0 heterocycles. The van der Waals surface area contributed by atoms with Crippen molar-refractivity contribution in [1.29, 1.82) is 0 Å². The Morgan fingerprint density at radius 3 is 1.25 bits per heavy atom. The van der Waals surface area contributed by atoms with Gasteiger partial charge in [0.25, 0.3) is 0 Å². The van der Waals surface area contributed by atoms with Crippen LogP contribution in [0.3, 0.4) is 0 Å². The first-order valence-electron chi connectivity index (χ1n) is 0.204. The van der Waals surface area contributed by atoms with E-state index >= 15 is 0 Å². The maximum atomic E-state index is 8.25. The Labute approximate surface area is 68.4 Å². The Bertz CT molecular complexity index is 8.00. The van der Waals surface area contributed by atoms with E-state index in [0.717, 1.165) is 16.5 Å². The molecule has 0 rings (SSSR count). The van der Waals surface area contributed by atoms with Crippen LogP contribution in [-0.4, -0.2) is 46.0 Å². The summed E-state index contributed by atoms with van der Waals surface area (Å²) in [5.41, 5.74) is 0. The van der Waals surface area contributed by atoms with Crippen molar-refractivity contribution in [2.75, 3.05) is 0 Å². The first-order chi connectivity index (χ1) is 1.00. The second-order valence-electron chi connectivity index (χ2n) is 0. The van der Waals surface area contributed by atoms with Gasteiger partial charge in [-0.2, -0.15) is 0 Å². The molecule has 0 N–H and O–H groups in total. The number of hydrogen-bond donors (Lipinski definition) is 0. The molecule has 0 aliphatic heterocycles. The van der Waals surface area contributed by atoms with Gasteiger partial charge < -0.3 is 0 Å².